The van der Waals surface area contributed by atoms with Crippen molar-refractivity contribution < 1.29 is 23.9 Å². The van der Waals surface area contributed by atoms with E-state index in [1.807, 2.05) is 13.8 Å². The lowest BCUT2D eigenvalue weighted by Gasteiger charge is -2.10. The van der Waals surface area contributed by atoms with Gasteiger partial charge in [-0.3, -0.25) is 14.4 Å². The van der Waals surface area contributed by atoms with Gasteiger partial charge >= 0.3 is 5.97 Å². The number of esters is 1. The first-order valence-corrected chi connectivity index (χ1v) is 13.9. The predicted molar refractivity (Wildman–Crippen MR) is 151 cm³/mol. The molecule has 210 valence electrons. The molecule has 0 fully saturated rings. The van der Waals surface area contributed by atoms with Crippen molar-refractivity contribution in [1.82, 2.24) is 15.6 Å². The SMILES string of the molecule is C=C(NC(=O)c1csc(CC)n1)C(=O)NC(=C)C(=O)OC.CCC(C)C.CCCCC(CC)C(=O)CC. The molecule has 0 spiro atoms. The van der Waals surface area contributed by atoms with Gasteiger partial charge in [-0.1, -0.05) is 80.9 Å². The summed E-state index contributed by atoms with van der Waals surface area (Å²) >= 11 is 1.35. The third-order valence-corrected chi connectivity index (χ3v) is 6.33. The summed E-state index contributed by atoms with van der Waals surface area (Å²) in [5, 5.41) is 6.87. The van der Waals surface area contributed by atoms with Crippen molar-refractivity contribution in [1.29, 1.82) is 0 Å². The van der Waals surface area contributed by atoms with Crippen LogP contribution in [0.2, 0.25) is 0 Å². The average Bonchev–Trinajstić information content (AvgIpc) is 3.38. The van der Waals surface area contributed by atoms with Gasteiger partial charge in [0.25, 0.3) is 11.8 Å². The number of hydrogen-bond acceptors (Lipinski definition) is 7. The van der Waals surface area contributed by atoms with E-state index in [1.54, 1.807) is 5.38 Å². The van der Waals surface area contributed by atoms with E-state index < -0.39 is 17.8 Å². The monoisotopic (exact) mass is 537 g/mol. The summed E-state index contributed by atoms with van der Waals surface area (Å²) in [5.41, 5.74) is -0.270. The zero-order valence-corrected chi connectivity index (χ0v) is 24.8. The van der Waals surface area contributed by atoms with E-state index in [1.165, 1.54) is 30.6 Å². The maximum atomic E-state index is 11.8. The van der Waals surface area contributed by atoms with Gasteiger partial charge in [-0.25, -0.2) is 9.78 Å². The quantitative estimate of drug-likeness (QED) is 0.236. The van der Waals surface area contributed by atoms with Gasteiger partial charge in [-0.05, 0) is 25.2 Å². The third-order valence-electron chi connectivity index (χ3n) is 5.34. The molecule has 0 bridgehead atoms. The smallest absolute Gasteiger partial charge is 0.353 e. The Hall–Kier alpha value is -2.81. The van der Waals surface area contributed by atoms with Gasteiger partial charge in [-0.2, -0.15) is 0 Å². The van der Waals surface area contributed by atoms with Crippen LogP contribution in [0.15, 0.2) is 29.9 Å². The fourth-order valence-corrected chi connectivity index (χ4v) is 3.28. The van der Waals surface area contributed by atoms with Crippen LogP contribution >= 0.6 is 11.3 Å². The molecule has 2 amide bonds. The third kappa shape index (κ3) is 16.5. The summed E-state index contributed by atoms with van der Waals surface area (Å²) in [7, 11) is 1.16. The number of aromatic nitrogens is 1. The number of nitrogens with one attached hydrogen (secondary N) is 2. The van der Waals surface area contributed by atoms with Crippen LogP contribution < -0.4 is 10.6 Å². The van der Waals surface area contributed by atoms with Gasteiger partial charge in [0.05, 0.1) is 17.8 Å². The Balaban J connectivity index is 0. The molecule has 9 heteroatoms. The maximum Gasteiger partial charge on any atom is 0.353 e. The standard InChI is InChI=1S/C13H15N3O4S.C10H20O.C5H12/c1-5-10-16-9(6-21-10)12(18)14-7(2)11(17)15-8(3)13(19)20-4;1-4-7-8-9(5-2)10(11)6-3;1-4-5(2)3/h6H,2-3,5H2,1,4H3,(H,14,18)(H,15,17);9H,4-8H2,1-3H3;5H,4H2,1-3H3. The van der Waals surface area contributed by atoms with E-state index >= 15 is 0 Å². The van der Waals surface area contributed by atoms with E-state index in [4.69, 9.17) is 0 Å². The van der Waals surface area contributed by atoms with Gasteiger partial charge in [0.15, 0.2) is 0 Å². The summed E-state index contributed by atoms with van der Waals surface area (Å²) in [6.07, 6.45) is 7.25. The van der Waals surface area contributed by atoms with E-state index in [-0.39, 0.29) is 17.1 Å². The molecule has 0 aliphatic rings. The number of carbonyl (C=O) groups excluding carboxylic acids is 4. The largest absolute Gasteiger partial charge is 0.464 e. The first-order chi connectivity index (χ1) is 17.4. The summed E-state index contributed by atoms with van der Waals surface area (Å²) in [6, 6.07) is 0. The van der Waals surface area contributed by atoms with Gasteiger partial charge < -0.3 is 15.4 Å². The van der Waals surface area contributed by atoms with Gasteiger partial charge in [0.1, 0.15) is 17.2 Å². The van der Waals surface area contributed by atoms with Crippen molar-refractivity contribution in [3.05, 3.63) is 40.6 Å². The fourth-order valence-electron chi connectivity index (χ4n) is 2.55. The second-order valence-electron chi connectivity index (χ2n) is 8.71. The van der Waals surface area contributed by atoms with E-state index in [2.05, 4.69) is 68.1 Å². The van der Waals surface area contributed by atoms with Crippen molar-refractivity contribution in [3.63, 3.8) is 0 Å². The second kappa shape index (κ2) is 21.3. The fraction of sp³-hybridized carbons (Fsp3) is 0.607. The Morgan fingerprint density at radius 2 is 1.59 bits per heavy atom. The molecule has 1 heterocycles. The lowest BCUT2D eigenvalue weighted by molar-refractivity contribution is -0.137. The minimum absolute atomic E-state index is 0.206. The molecule has 2 N–H and O–H groups in total. The Kier molecular flexibility index (Phi) is 20.9. The molecule has 37 heavy (non-hydrogen) atoms. The molecule has 0 saturated heterocycles. The first-order valence-electron chi connectivity index (χ1n) is 13.0. The number of methoxy groups -OCH3 is 1. The number of hydrogen-bond donors (Lipinski definition) is 2. The van der Waals surface area contributed by atoms with Gasteiger partial charge in [0, 0.05) is 17.7 Å². The Morgan fingerprint density at radius 1 is 1.00 bits per heavy atom. The summed E-state index contributed by atoms with van der Waals surface area (Å²) in [6.45, 7) is 21.5. The predicted octanol–water partition coefficient (Wildman–Crippen LogP) is 5.99. The van der Waals surface area contributed by atoms with E-state index in [9.17, 15) is 19.2 Å². The highest BCUT2D eigenvalue weighted by molar-refractivity contribution is 7.09. The number of carbonyl (C=O) groups is 4. The molecule has 8 nitrogen and oxygen atoms in total. The molecule has 1 rings (SSSR count). The Labute approximate surface area is 227 Å². The molecule has 1 atom stereocenters. The normalized spacial score (nSPS) is 10.6. The molecule has 0 aliphatic carbocycles. The lowest BCUT2D eigenvalue weighted by Crippen LogP contribution is -2.35. The summed E-state index contributed by atoms with van der Waals surface area (Å²) in [5.74, 6) is -0.412. The maximum absolute atomic E-state index is 11.8. The highest BCUT2D eigenvalue weighted by Gasteiger charge is 2.17. The van der Waals surface area contributed by atoms with Crippen LogP contribution in [0.1, 0.15) is 102 Å². The van der Waals surface area contributed by atoms with E-state index in [0.29, 0.717) is 18.1 Å². The van der Waals surface area contributed by atoms with Crippen LogP contribution in [0.5, 0.6) is 0 Å². The molecular formula is C28H47N3O5S. The van der Waals surface area contributed by atoms with Gasteiger partial charge in [0.2, 0.25) is 0 Å². The Morgan fingerprint density at radius 3 is 2.00 bits per heavy atom. The van der Waals surface area contributed by atoms with Crippen LogP contribution in [-0.4, -0.2) is 35.7 Å². The average molecular weight is 538 g/mol. The van der Waals surface area contributed by atoms with Crippen LogP contribution in [0.4, 0.5) is 0 Å². The second-order valence-corrected chi connectivity index (χ2v) is 9.65. The number of ketones is 1. The van der Waals surface area contributed by atoms with Crippen molar-refractivity contribution in [2.24, 2.45) is 11.8 Å². The number of aryl methyl sites for hydroxylation is 1. The summed E-state index contributed by atoms with van der Waals surface area (Å²) < 4.78 is 4.38. The number of ether oxygens (including phenoxy) is 1. The van der Waals surface area contributed by atoms with Crippen molar-refractivity contribution >= 4 is 34.9 Å². The van der Waals surface area contributed by atoms with Crippen molar-refractivity contribution in [2.45, 2.75) is 93.4 Å². The topological polar surface area (TPSA) is 114 Å². The molecule has 0 radical (unpaired) electrons. The summed E-state index contributed by atoms with van der Waals surface area (Å²) in [4.78, 5) is 50.0. The number of amides is 2. The first kappa shape index (κ1) is 36.3. The van der Waals surface area contributed by atoms with Gasteiger partial charge in [-0.15, -0.1) is 11.3 Å². The minimum Gasteiger partial charge on any atom is -0.464 e. The molecule has 0 saturated carbocycles. The van der Waals surface area contributed by atoms with Crippen LogP contribution in [-0.2, 0) is 25.5 Å². The molecule has 0 aromatic carbocycles. The number of thiazole rings is 1. The zero-order valence-electron chi connectivity index (χ0n) is 24.0. The molecule has 1 unspecified atom stereocenters. The number of unbranched alkanes of at least 4 members (excludes halogenated alkanes) is 1. The number of rotatable bonds is 13. The van der Waals surface area contributed by atoms with Crippen LogP contribution in [0.25, 0.3) is 0 Å². The van der Waals surface area contributed by atoms with Crippen molar-refractivity contribution in [3.8, 4) is 0 Å². The number of Topliss-reactive ketones (excluding diaryl/α,β-unsaturated/α-hetero) is 1. The minimum atomic E-state index is -0.783. The van der Waals surface area contributed by atoms with E-state index in [0.717, 1.165) is 37.3 Å². The highest BCUT2D eigenvalue weighted by Crippen LogP contribution is 2.14. The molecule has 0 aliphatic heterocycles. The Bertz CT molecular complexity index is 877. The zero-order chi connectivity index (χ0) is 29.0. The lowest BCUT2D eigenvalue weighted by atomic mass is 9.93. The molecule has 1 aromatic rings. The van der Waals surface area contributed by atoms with Crippen LogP contribution in [0.3, 0.4) is 0 Å². The number of nitrogens with zero attached hydrogens (tertiary/aromatic N) is 1. The highest BCUT2D eigenvalue weighted by atomic mass is 32.1. The van der Waals surface area contributed by atoms with Crippen LogP contribution in [0, 0.1) is 11.8 Å². The molecular weight excluding hydrogens is 490 g/mol. The molecule has 1 aromatic heterocycles. The van der Waals surface area contributed by atoms with Crippen molar-refractivity contribution in [2.75, 3.05) is 7.11 Å².